The van der Waals surface area contributed by atoms with Crippen LogP contribution in [0.5, 0.6) is 5.75 Å². The summed E-state index contributed by atoms with van der Waals surface area (Å²) in [6, 6.07) is 16.6. The third-order valence-electron chi connectivity index (χ3n) is 3.47. The van der Waals surface area contributed by atoms with E-state index in [0.29, 0.717) is 6.04 Å². The molecule has 0 saturated heterocycles. The van der Waals surface area contributed by atoms with Crippen molar-refractivity contribution in [3.05, 3.63) is 59.7 Å². The maximum atomic E-state index is 5.42. The Kier molecular flexibility index (Phi) is 5.29. The number of rotatable bonds is 6. The summed E-state index contributed by atoms with van der Waals surface area (Å²) in [5, 5.41) is 3.49. The summed E-state index contributed by atoms with van der Waals surface area (Å²) in [6.45, 7) is 2.19. The Morgan fingerprint density at radius 2 is 1.95 bits per heavy atom. The van der Waals surface area contributed by atoms with Gasteiger partial charge in [0.25, 0.3) is 0 Å². The minimum absolute atomic E-state index is 0.389. The van der Waals surface area contributed by atoms with Crippen LogP contribution in [0.4, 0.5) is 5.69 Å². The molecule has 21 heavy (non-hydrogen) atoms. The van der Waals surface area contributed by atoms with Crippen molar-refractivity contribution in [2.45, 2.75) is 25.8 Å². The SMILES string of the molecule is C#Cc1cccc(NC(C)CCc2ccc(OC)cc2)c1. The Hall–Kier alpha value is -2.40. The van der Waals surface area contributed by atoms with Gasteiger partial charge in [-0.15, -0.1) is 6.42 Å². The predicted molar refractivity (Wildman–Crippen MR) is 88.8 cm³/mol. The normalized spacial score (nSPS) is 11.5. The van der Waals surface area contributed by atoms with Gasteiger partial charge in [0.1, 0.15) is 5.75 Å². The first-order valence-electron chi connectivity index (χ1n) is 7.17. The van der Waals surface area contributed by atoms with E-state index in [2.05, 4.69) is 30.3 Å². The first-order chi connectivity index (χ1) is 10.2. The van der Waals surface area contributed by atoms with E-state index in [-0.39, 0.29) is 0 Å². The summed E-state index contributed by atoms with van der Waals surface area (Å²) in [6.07, 6.45) is 7.52. The average molecular weight is 279 g/mol. The van der Waals surface area contributed by atoms with Gasteiger partial charge in [0.05, 0.1) is 7.11 Å². The lowest BCUT2D eigenvalue weighted by atomic mass is 10.1. The minimum atomic E-state index is 0.389. The first kappa shape index (κ1) is 15.0. The van der Waals surface area contributed by atoms with Crippen molar-refractivity contribution in [3.8, 4) is 18.1 Å². The highest BCUT2D eigenvalue weighted by molar-refractivity contribution is 5.50. The number of hydrogen-bond acceptors (Lipinski definition) is 2. The molecule has 0 aliphatic heterocycles. The van der Waals surface area contributed by atoms with Gasteiger partial charge in [-0.1, -0.05) is 24.1 Å². The maximum absolute atomic E-state index is 5.42. The highest BCUT2D eigenvalue weighted by atomic mass is 16.5. The number of terminal acetylenes is 1. The van der Waals surface area contributed by atoms with Crippen molar-refractivity contribution in [2.24, 2.45) is 0 Å². The molecule has 0 heterocycles. The summed E-state index contributed by atoms with van der Waals surface area (Å²) in [7, 11) is 1.69. The topological polar surface area (TPSA) is 21.3 Å². The predicted octanol–water partition coefficient (Wildman–Crippen LogP) is 4.11. The molecule has 0 aromatic heterocycles. The maximum Gasteiger partial charge on any atom is 0.118 e. The van der Waals surface area contributed by atoms with E-state index in [0.717, 1.165) is 29.8 Å². The standard InChI is InChI=1S/C19H21NO/c1-4-16-6-5-7-18(14-16)20-15(2)8-9-17-10-12-19(21-3)13-11-17/h1,5-7,10-15,20H,8-9H2,2-3H3. The van der Waals surface area contributed by atoms with Gasteiger partial charge < -0.3 is 10.1 Å². The van der Waals surface area contributed by atoms with Crippen LogP contribution in [-0.4, -0.2) is 13.2 Å². The van der Waals surface area contributed by atoms with Gasteiger partial charge in [-0.05, 0) is 55.7 Å². The Balaban J connectivity index is 1.86. The fourth-order valence-electron chi connectivity index (χ4n) is 2.23. The van der Waals surface area contributed by atoms with Gasteiger partial charge in [0.2, 0.25) is 0 Å². The van der Waals surface area contributed by atoms with Crippen LogP contribution >= 0.6 is 0 Å². The third-order valence-corrected chi connectivity index (χ3v) is 3.47. The van der Waals surface area contributed by atoms with Crippen molar-refractivity contribution in [1.29, 1.82) is 0 Å². The summed E-state index contributed by atoms with van der Waals surface area (Å²) in [5.74, 6) is 3.56. The summed E-state index contributed by atoms with van der Waals surface area (Å²) >= 11 is 0. The highest BCUT2D eigenvalue weighted by Gasteiger charge is 2.03. The quantitative estimate of drug-likeness (QED) is 0.803. The van der Waals surface area contributed by atoms with Gasteiger partial charge >= 0.3 is 0 Å². The lowest BCUT2D eigenvalue weighted by Gasteiger charge is -2.15. The molecule has 2 nitrogen and oxygen atoms in total. The molecule has 0 fully saturated rings. The Bertz CT molecular complexity index is 610. The molecule has 0 aliphatic carbocycles. The molecule has 108 valence electrons. The minimum Gasteiger partial charge on any atom is -0.497 e. The summed E-state index contributed by atoms with van der Waals surface area (Å²) in [4.78, 5) is 0. The molecule has 2 aromatic carbocycles. The van der Waals surface area contributed by atoms with E-state index in [9.17, 15) is 0 Å². The number of hydrogen-bond donors (Lipinski definition) is 1. The summed E-state index contributed by atoms with van der Waals surface area (Å²) in [5.41, 5.74) is 3.30. The Morgan fingerprint density at radius 3 is 2.62 bits per heavy atom. The summed E-state index contributed by atoms with van der Waals surface area (Å²) < 4.78 is 5.17. The van der Waals surface area contributed by atoms with Crippen LogP contribution in [0.2, 0.25) is 0 Å². The second-order valence-corrected chi connectivity index (χ2v) is 5.16. The molecule has 1 unspecified atom stereocenters. The molecular weight excluding hydrogens is 258 g/mol. The lowest BCUT2D eigenvalue weighted by Crippen LogP contribution is -2.16. The van der Waals surface area contributed by atoms with Crippen LogP contribution in [-0.2, 0) is 6.42 Å². The molecule has 0 saturated carbocycles. The average Bonchev–Trinajstić information content (AvgIpc) is 2.53. The smallest absolute Gasteiger partial charge is 0.118 e. The molecule has 0 bridgehead atoms. The number of benzene rings is 2. The highest BCUT2D eigenvalue weighted by Crippen LogP contribution is 2.15. The van der Waals surface area contributed by atoms with Gasteiger partial charge in [0, 0.05) is 17.3 Å². The van der Waals surface area contributed by atoms with Gasteiger partial charge in [-0.2, -0.15) is 0 Å². The Labute approximate surface area is 127 Å². The molecule has 0 aliphatic rings. The zero-order valence-corrected chi connectivity index (χ0v) is 12.6. The van der Waals surface area contributed by atoms with Crippen LogP contribution in [0.3, 0.4) is 0 Å². The van der Waals surface area contributed by atoms with Crippen molar-refractivity contribution >= 4 is 5.69 Å². The van der Waals surface area contributed by atoms with E-state index in [1.54, 1.807) is 7.11 Å². The largest absolute Gasteiger partial charge is 0.497 e. The second-order valence-electron chi connectivity index (χ2n) is 5.16. The molecule has 0 radical (unpaired) electrons. The molecule has 0 spiro atoms. The fraction of sp³-hybridized carbons (Fsp3) is 0.263. The van der Waals surface area contributed by atoms with E-state index in [1.165, 1.54) is 5.56 Å². The molecule has 0 amide bonds. The molecule has 2 rings (SSSR count). The zero-order valence-electron chi connectivity index (χ0n) is 12.6. The van der Waals surface area contributed by atoms with Crippen molar-refractivity contribution < 1.29 is 4.74 Å². The van der Waals surface area contributed by atoms with Gasteiger partial charge in [-0.25, -0.2) is 0 Å². The first-order valence-corrected chi connectivity index (χ1v) is 7.17. The van der Waals surface area contributed by atoms with E-state index in [4.69, 9.17) is 11.2 Å². The molecule has 2 heteroatoms. The zero-order chi connectivity index (χ0) is 15.1. The van der Waals surface area contributed by atoms with Crippen LogP contribution in [0.15, 0.2) is 48.5 Å². The number of aryl methyl sites for hydroxylation is 1. The number of anilines is 1. The molecular formula is C19H21NO. The van der Waals surface area contributed by atoms with Crippen LogP contribution < -0.4 is 10.1 Å². The second kappa shape index (κ2) is 7.40. The van der Waals surface area contributed by atoms with E-state index in [1.807, 2.05) is 36.4 Å². The lowest BCUT2D eigenvalue weighted by molar-refractivity contribution is 0.414. The molecule has 1 N–H and O–H groups in total. The van der Waals surface area contributed by atoms with Crippen LogP contribution in [0, 0.1) is 12.3 Å². The number of methoxy groups -OCH3 is 1. The molecule has 2 aromatic rings. The number of ether oxygens (including phenoxy) is 1. The van der Waals surface area contributed by atoms with Crippen molar-refractivity contribution in [2.75, 3.05) is 12.4 Å². The van der Waals surface area contributed by atoms with Crippen LogP contribution in [0.25, 0.3) is 0 Å². The molecule has 1 atom stereocenters. The number of nitrogens with one attached hydrogen (secondary N) is 1. The van der Waals surface area contributed by atoms with Crippen molar-refractivity contribution in [3.63, 3.8) is 0 Å². The van der Waals surface area contributed by atoms with Gasteiger partial charge in [-0.3, -0.25) is 0 Å². The van der Waals surface area contributed by atoms with E-state index >= 15 is 0 Å². The third kappa shape index (κ3) is 4.57. The van der Waals surface area contributed by atoms with Crippen molar-refractivity contribution in [1.82, 2.24) is 0 Å². The van der Waals surface area contributed by atoms with Gasteiger partial charge in [0.15, 0.2) is 0 Å². The Morgan fingerprint density at radius 1 is 1.19 bits per heavy atom. The van der Waals surface area contributed by atoms with Crippen LogP contribution in [0.1, 0.15) is 24.5 Å². The monoisotopic (exact) mass is 279 g/mol. The fourth-order valence-corrected chi connectivity index (χ4v) is 2.23. The van der Waals surface area contributed by atoms with E-state index < -0.39 is 0 Å².